The van der Waals surface area contributed by atoms with Gasteiger partial charge < -0.3 is 19.7 Å². The van der Waals surface area contributed by atoms with Gasteiger partial charge in [-0.15, -0.1) is 0 Å². The SMILES string of the molecule is COc1ccccc1OCCC(=O)NCc1ccnc(N2CCCCC2)c1. The maximum Gasteiger partial charge on any atom is 0.223 e. The number of ether oxygens (including phenoxy) is 2. The lowest BCUT2D eigenvalue weighted by Gasteiger charge is -2.27. The smallest absolute Gasteiger partial charge is 0.223 e. The van der Waals surface area contributed by atoms with Crippen LogP contribution in [0.5, 0.6) is 11.5 Å². The van der Waals surface area contributed by atoms with Gasteiger partial charge in [-0.25, -0.2) is 4.98 Å². The van der Waals surface area contributed by atoms with Crippen molar-refractivity contribution in [2.24, 2.45) is 0 Å². The Morgan fingerprint density at radius 2 is 1.93 bits per heavy atom. The van der Waals surface area contributed by atoms with Crippen molar-refractivity contribution in [2.75, 3.05) is 31.7 Å². The molecule has 27 heavy (non-hydrogen) atoms. The first-order chi connectivity index (χ1) is 13.3. The highest BCUT2D eigenvalue weighted by Crippen LogP contribution is 2.25. The monoisotopic (exact) mass is 369 g/mol. The Morgan fingerprint density at radius 3 is 2.70 bits per heavy atom. The molecule has 0 bridgehead atoms. The minimum Gasteiger partial charge on any atom is -0.493 e. The van der Waals surface area contributed by atoms with Gasteiger partial charge in [0, 0.05) is 25.8 Å². The molecule has 0 unspecified atom stereocenters. The third-order valence-electron chi connectivity index (χ3n) is 4.64. The number of amides is 1. The van der Waals surface area contributed by atoms with Crippen molar-refractivity contribution in [1.29, 1.82) is 0 Å². The number of carbonyl (C=O) groups is 1. The lowest BCUT2D eigenvalue weighted by molar-refractivity contribution is -0.121. The molecule has 1 saturated heterocycles. The van der Waals surface area contributed by atoms with E-state index >= 15 is 0 Å². The Kier molecular flexibility index (Phi) is 6.90. The molecule has 1 aromatic carbocycles. The highest BCUT2D eigenvalue weighted by atomic mass is 16.5. The molecule has 2 heterocycles. The first kappa shape index (κ1) is 19.0. The van der Waals surface area contributed by atoms with E-state index < -0.39 is 0 Å². The van der Waals surface area contributed by atoms with E-state index in [0.29, 0.717) is 31.1 Å². The zero-order chi connectivity index (χ0) is 18.9. The minimum atomic E-state index is -0.0405. The second-order valence-electron chi connectivity index (χ2n) is 6.60. The number of methoxy groups -OCH3 is 1. The number of anilines is 1. The largest absolute Gasteiger partial charge is 0.493 e. The van der Waals surface area contributed by atoms with Gasteiger partial charge in [0.1, 0.15) is 5.82 Å². The van der Waals surface area contributed by atoms with Crippen LogP contribution < -0.4 is 19.7 Å². The summed E-state index contributed by atoms with van der Waals surface area (Å²) in [6.07, 6.45) is 5.84. The zero-order valence-corrected chi connectivity index (χ0v) is 15.8. The topological polar surface area (TPSA) is 63.7 Å². The fraction of sp³-hybridized carbons (Fsp3) is 0.429. The molecular formula is C21H27N3O3. The Hall–Kier alpha value is -2.76. The first-order valence-electron chi connectivity index (χ1n) is 9.48. The number of para-hydroxylation sites is 2. The predicted octanol–water partition coefficient (Wildman–Crippen LogP) is 3.17. The van der Waals surface area contributed by atoms with Crippen molar-refractivity contribution in [3.8, 4) is 11.5 Å². The van der Waals surface area contributed by atoms with E-state index in [1.165, 1.54) is 19.3 Å². The molecule has 0 aliphatic carbocycles. The number of rotatable bonds is 8. The summed E-state index contributed by atoms with van der Waals surface area (Å²) in [5.74, 6) is 2.27. The van der Waals surface area contributed by atoms with Gasteiger partial charge in [-0.05, 0) is 49.1 Å². The predicted molar refractivity (Wildman–Crippen MR) is 105 cm³/mol. The van der Waals surface area contributed by atoms with Crippen LogP contribution in [0.4, 0.5) is 5.82 Å². The Bertz CT molecular complexity index is 745. The Balaban J connectivity index is 1.43. The summed E-state index contributed by atoms with van der Waals surface area (Å²) in [5.41, 5.74) is 1.06. The van der Waals surface area contributed by atoms with E-state index in [-0.39, 0.29) is 5.91 Å². The molecule has 6 heteroatoms. The molecule has 1 aliphatic heterocycles. The molecule has 1 fully saturated rings. The van der Waals surface area contributed by atoms with Crippen LogP contribution in [0.15, 0.2) is 42.6 Å². The summed E-state index contributed by atoms with van der Waals surface area (Å²) in [5, 5.41) is 2.95. The molecule has 1 N–H and O–H groups in total. The van der Waals surface area contributed by atoms with E-state index in [1.807, 2.05) is 36.5 Å². The van der Waals surface area contributed by atoms with Crippen LogP contribution in [-0.4, -0.2) is 37.7 Å². The second-order valence-corrected chi connectivity index (χ2v) is 6.60. The molecule has 3 rings (SSSR count). The van der Waals surface area contributed by atoms with Crippen LogP contribution in [0.25, 0.3) is 0 Å². The van der Waals surface area contributed by atoms with Crippen molar-refractivity contribution in [2.45, 2.75) is 32.2 Å². The minimum absolute atomic E-state index is 0.0405. The molecule has 6 nitrogen and oxygen atoms in total. The number of hydrogen-bond acceptors (Lipinski definition) is 5. The fourth-order valence-corrected chi connectivity index (χ4v) is 3.15. The van der Waals surface area contributed by atoms with E-state index in [1.54, 1.807) is 7.11 Å². The van der Waals surface area contributed by atoms with Crippen LogP contribution in [0, 0.1) is 0 Å². The number of pyridine rings is 1. The fourth-order valence-electron chi connectivity index (χ4n) is 3.15. The van der Waals surface area contributed by atoms with Gasteiger partial charge >= 0.3 is 0 Å². The van der Waals surface area contributed by atoms with Crippen LogP contribution in [0.2, 0.25) is 0 Å². The quantitative estimate of drug-likeness (QED) is 0.774. The highest BCUT2D eigenvalue weighted by molar-refractivity contribution is 5.76. The Morgan fingerprint density at radius 1 is 1.15 bits per heavy atom. The van der Waals surface area contributed by atoms with Crippen molar-refractivity contribution in [3.05, 3.63) is 48.2 Å². The lowest BCUT2D eigenvalue weighted by atomic mass is 10.1. The van der Waals surface area contributed by atoms with Gasteiger partial charge in [-0.1, -0.05) is 12.1 Å². The number of aromatic nitrogens is 1. The summed E-state index contributed by atoms with van der Waals surface area (Å²) in [6.45, 7) is 2.92. The second kappa shape index (κ2) is 9.80. The number of hydrogen-bond donors (Lipinski definition) is 1. The van der Waals surface area contributed by atoms with Crippen LogP contribution in [-0.2, 0) is 11.3 Å². The number of nitrogens with one attached hydrogen (secondary N) is 1. The molecule has 144 valence electrons. The molecule has 0 spiro atoms. The van der Waals surface area contributed by atoms with Gasteiger partial charge in [0.2, 0.25) is 5.91 Å². The average molecular weight is 369 g/mol. The maximum atomic E-state index is 12.1. The summed E-state index contributed by atoms with van der Waals surface area (Å²) < 4.78 is 10.9. The number of nitrogens with zero attached hydrogens (tertiary/aromatic N) is 2. The van der Waals surface area contributed by atoms with Gasteiger partial charge in [-0.2, -0.15) is 0 Å². The average Bonchev–Trinajstić information content (AvgIpc) is 2.73. The molecular weight excluding hydrogens is 342 g/mol. The molecule has 1 aromatic heterocycles. The van der Waals surface area contributed by atoms with Crippen LogP contribution in [0.1, 0.15) is 31.2 Å². The molecule has 1 amide bonds. The van der Waals surface area contributed by atoms with Gasteiger partial charge in [0.15, 0.2) is 11.5 Å². The lowest BCUT2D eigenvalue weighted by Crippen LogP contribution is -2.30. The number of carbonyl (C=O) groups excluding carboxylic acids is 1. The van der Waals surface area contributed by atoms with Crippen molar-refractivity contribution < 1.29 is 14.3 Å². The maximum absolute atomic E-state index is 12.1. The summed E-state index contributed by atoms with van der Waals surface area (Å²) in [7, 11) is 1.60. The molecule has 1 aliphatic rings. The third kappa shape index (κ3) is 5.61. The highest BCUT2D eigenvalue weighted by Gasteiger charge is 2.12. The van der Waals surface area contributed by atoms with Crippen LogP contribution >= 0.6 is 0 Å². The molecule has 0 saturated carbocycles. The third-order valence-corrected chi connectivity index (χ3v) is 4.64. The Labute approximate surface area is 160 Å². The molecule has 2 aromatic rings. The number of piperidine rings is 1. The molecule has 0 atom stereocenters. The standard InChI is InChI=1S/C21H27N3O3/c1-26-18-7-3-4-8-19(18)27-14-10-21(25)23-16-17-9-11-22-20(15-17)24-12-5-2-6-13-24/h3-4,7-9,11,15H,2,5-6,10,12-14,16H2,1H3,(H,23,25). The van der Waals surface area contributed by atoms with E-state index in [0.717, 1.165) is 24.5 Å². The van der Waals surface area contributed by atoms with Crippen molar-refractivity contribution >= 4 is 11.7 Å². The van der Waals surface area contributed by atoms with E-state index in [9.17, 15) is 4.79 Å². The zero-order valence-electron chi connectivity index (χ0n) is 15.8. The van der Waals surface area contributed by atoms with Crippen molar-refractivity contribution in [3.63, 3.8) is 0 Å². The van der Waals surface area contributed by atoms with E-state index in [4.69, 9.17) is 9.47 Å². The van der Waals surface area contributed by atoms with Gasteiger partial charge in [0.05, 0.1) is 20.1 Å². The summed E-state index contributed by atoms with van der Waals surface area (Å²) in [4.78, 5) is 18.9. The normalized spacial score (nSPS) is 13.9. The summed E-state index contributed by atoms with van der Waals surface area (Å²) >= 11 is 0. The number of benzene rings is 1. The van der Waals surface area contributed by atoms with Crippen molar-refractivity contribution in [1.82, 2.24) is 10.3 Å². The summed E-state index contributed by atoms with van der Waals surface area (Å²) in [6, 6.07) is 11.4. The first-order valence-corrected chi connectivity index (χ1v) is 9.48. The van der Waals surface area contributed by atoms with Crippen LogP contribution in [0.3, 0.4) is 0 Å². The van der Waals surface area contributed by atoms with E-state index in [2.05, 4.69) is 21.3 Å². The molecule has 0 radical (unpaired) electrons. The van der Waals surface area contributed by atoms with Gasteiger partial charge in [0.25, 0.3) is 0 Å². The van der Waals surface area contributed by atoms with Gasteiger partial charge in [-0.3, -0.25) is 4.79 Å².